The average molecular weight is 211 g/mol. The normalized spacial score (nSPS) is 13.0. The Morgan fingerprint density at radius 3 is 1.73 bits per heavy atom. The van der Waals surface area contributed by atoms with Gasteiger partial charge in [0.1, 0.15) is 0 Å². The molecule has 0 fully saturated rings. The van der Waals surface area contributed by atoms with Gasteiger partial charge in [-0.3, -0.25) is 0 Å². The molecule has 0 aliphatic rings. The van der Waals surface area contributed by atoms with Crippen molar-refractivity contribution in [3.63, 3.8) is 0 Å². The number of hydrogen-bond donors (Lipinski definition) is 0. The molecule has 15 heavy (non-hydrogen) atoms. The van der Waals surface area contributed by atoms with Gasteiger partial charge in [0, 0.05) is 0 Å². The van der Waals surface area contributed by atoms with Crippen LogP contribution in [0.4, 0.5) is 0 Å². The molecule has 1 radical (unpaired) electrons. The lowest BCUT2D eigenvalue weighted by Gasteiger charge is -2.07. The maximum Gasteiger partial charge on any atom is -0.0443 e. The summed E-state index contributed by atoms with van der Waals surface area (Å²) in [6.45, 7) is 8.54. The molecule has 0 aliphatic carbocycles. The third-order valence-electron chi connectivity index (χ3n) is 3.29. The molecule has 0 rings (SSSR count). The van der Waals surface area contributed by atoms with Crippen molar-refractivity contribution in [2.45, 2.75) is 84.5 Å². The van der Waals surface area contributed by atoms with Crippen LogP contribution in [0.2, 0.25) is 0 Å². The van der Waals surface area contributed by atoms with E-state index >= 15 is 0 Å². The van der Waals surface area contributed by atoms with Gasteiger partial charge in [-0.2, -0.15) is 0 Å². The van der Waals surface area contributed by atoms with Crippen LogP contribution in [-0.2, 0) is 0 Å². The molecule has 0 spiro atoms. The standard InChI is InChI=1S/C15H31/c1-4-6-7-8-9-10-11-12-13-14-15(3)5-2/h15H,2,4-14H2,1,3H3. The molecule has 0 aromatic rings. The minimum atomic E-state index is 0.842. The van der Waals surface area contributed by atoms with Gasteiger partial charge in [-0.1, -0.05) is 91.4 Å². The van der Waals surface area contributed by atoms with Crippen LogP contribution < -0.4 is 0 Å². The van der Waals surface area contributed by atoms with Crippen LogP contribution in [0.3, 0.4) is 0 Å². The molecule has 0 bridgehead atoms. The summed E-state index contributed by atoms with van der Waals surface area (Å²) in [5.41, 5.74) is 0. The Labute approximate surface area is 97.8 Å². The van der Waals surface area contributed by atoms with Crippen molar-refractivity contribution in [1.82, 2.24) is 0 Å². The zero-order valence-electron chi connectivity index (χ0n) is 11.1. The molecule has 0 saturated carbocycles. The van der Waals surface area contributed by atoms with Gasteiger partial charge in [-0.15, -0.1) is 0 Å². The van der Waals surface area contributed by atoms with Gasteiger partial charge in [0.15, 0.2) is 0 Å². The molecular weight excluding hydrogens is 180 g/mol. The van der Waals surface area contributed by atoms with E-state index in [1.165, 1.54) is 64.2 Å². The fourth-order valence-electron chi connectivity index (χ4n) is 1.95. The van der Waals surface area contributed by atoms with E-state index in [1.807, 2.05) is 0 Å². The van der Waals surface area contributed by atoms with Crippen LogP contribution in [0.15, 0.2) is 0 Å². The molecule has 0 N–H and O–H groups in total. The highest BCUT2D eigenvalue weighted by atomic mass is 14.0. The van der Waals surface area contributed by atoms with E-state index in [4.69, 9.17) is 0 Å². The van der Waals surface area contributed by atoms with E-state index in [1.54, 1.807) is 0 Å². The number of rotatable bonds is 11. The summed E-state index contributed by atoms with van der Waals surface area (Å²) < 4.78 is 0. The predicted octanol–water partition coefficient (Wildman–Crippen LogP) is 5.77. The Kier molecular flexibility index (Phi) is 12.1. The van der Waals surface area contributed by atoms with E-state index in [0.717, 1.165) is 12.3 Å². The van der Waals surface area contributed by atoms with E-state index in [2.05, 4.69) is 20.8 Å². The third-order valence-corrected chi connectivity index (χ3v) is 3.29. The summed E-state index contributed by atoms with van der Waals surface area (Å²) in [6.07, 6.45) is 15.4. The minimum Gasteiger partial charge on any atom is -0.0654 e. The second-order valence-corrected chi connectivity index (χ2v) is 5.01. The molecule has 0 heteroatoms. The van der Waals surface area contributed by atoms with Gasteiger partial charge in [-0.25, -0.2) is 0 Å². The molecule has 0 nitrogen and oxygen atoms in total. The van der Waals surface area contributed by atoms with Crippen molar-refractivity contribution in [3.8, 4) is 0 Å². The molecular formula is C15H31. The largest absolute Gasteiger partial charge is 0.0654 e. The number of hydrogen-bond acceptors (Lipinski definition) is 0. The number of unbranched alkanes of at least 4 members (excludes halogenated alkanes) is 8. The molecule has 0 aromatic heterocycles. The molecule has 91 valence electrons. The fraction of sp³-hybridized carbons (Fsp3) is 0.933. The summed E-state index contributed by atoms with van der Waals surface area (Å²) in [6, 6.07) is 0. The van der Waals surface area contributed by atoms with Crippen molar-refractivity contribution in [1.29, 1.82) is 0 Å². The van der Waals surface area contributed by atoms with Gasteiger partial charge in [0.05, 0.1) is 0 Å². The van der Waals surface area contributed by atoms with Crippen LogP contribution in [0.5, 0.6) is 0 Å². The van der Waals surface area contributed by atoms with Gasteiger partial charge in [0.25, 0.3) is 0 Å². The van der Waals surface area contributed by atoms with E-state index in [0.29, 0.717) is 0 Å². The molecule has 1 atom stereocenters. The summed E-state index contributed by atoms with van der Waals surface area (Å²) in [7, 11) is 0. The second kappa shape index (κ2) is 12.1. The molecule has 0 saturated heterocycles. The van der Waals surface area contributed by atoms with Gasteiger partial charge < -0.3 is 0 Å². The van der Waals surface area contributed by atoms with E-state index in [9.17, 15) is 0 Å². The average Bonchev–Trinajstić information content (AvgIpc) is 2.26. The van der Waals surface area contributed by atoms with E-state index in [-0.39, 0.29) is 0 Å². The monoisotopic (exact) mass is 211 g/mol. The summed E-state index contributed by atoms with van der Waals surface area (Å²) in [4.78, 5) is 0. The molecule has 0 amide bonds. The van der Waals surface area contributed by atoms with Crippen LogP contribution in [0.25, 0.3) is 0 Å². The maximum atomic E-state index is 3.94. The topological polar surface area (TPSA) is 0 Å². The Bertz CT molecular complexity index is 107. The van der Waals surface area contributed by atoms with E-state index < -0.39 is 0 Å². The van der Waals surface area contributed by atoms with Gasteiger partial charge >= 0.3 is 0 Å². The highest BCUT2D eigenvalue weighted by Gasteiger charge is 1.97. The Balaban J connectivity index is 2.92. The van der Waals surface area contributed by atoms with Crippen LogP contribution >= 0.6 is 0 Å². The Morgan fingerprint density at radius 2 is 1.27 bits per heavy atom. The molecule has 0 heterocycles. The Morgan fingerprint density at radius 1 is 0.800 bits per heavy atom. The zero-order chi connectivity index (χ0) is 11.4. The van der Waals surface area contributed by atoms with Crippen molar-refractivity contribution in [3.05, 3.63) is 6.92 Å². The summed E-state index contributed by atoms with van der Waals surface area (Å²) >= 11 is 0. The summed E-state index contributed by atoms with van der Waals surface area (Å²) in [5.74, 6) is 0.842. The first kappa shape index (κ1) is 15.0. The first-order valence-electron chi connectivity index (χ1n) is 7.10. The van der Waals surface area contributed by atoms with Crippen LogP contribution in [0.1, 0.15) is 84.5 Å². The zero-order valence-corrected chi connectivity index (χ0v) is 11.1. The summed E-state index contributed by atoms with van der Waals surface area (Å²) in [5, 5.41) is 0. The van der Waals surface area contributed by atoms with Crippen LogP contribution in [-0.4, -0.2) is 0 Å². The van der Waals surface area contributed by atoms with Crippen molar-refractivity contribution >= 4 is 0 Å². The van der Waals surface area contributed by atoms with Gasteiger partial charge in [-0.05, 0) is 5.92 Å². The maximum absolute atomic E-state index is 3.94. The van der Waals surface area contributed by atoms with Gasteiger partial charge in [0.2, 0.25) is 0 Å². The van der Waals surface area contributed by atoms with Crippen molar-refractivity contribution in [2.75, 3.05) is 0 Å². The third kappa shape index (κ3) is 11.9. The quantitative estimate of drug-likeness (QED) is 0.381. The molecule has 0 aromatic carbocycles. The lowest BCUT2D eigenvalue weighted by Crippen LogP contribution is -1.91. The molecule has 0 aliphatic heterocycles. The highest BCUT2D eigenvalue weighted by molar-refractivity contribution is 4.55. The lowest BCUT2D eigenvalue weighted by molar-refractivity contribution is 0.482. The molecule has 1 unspecified atom stereocenters. The SMILES string of the molecule is [CH2]CC(C)CCCCCCCCCCC. The lowest BCUT2D eigenvalue weighted by atomic mass is 9.99. The smallest absolute Gasteiger partial charge is 0.0443 e. The van der Waals surface area contributed by atoms with Crippen molar-refractivity contribution < 1.29 is 0 Å². The highest BCUT2D eigenvalue weighted by Crippen LogP contribution is 2.14. The predicted molar refractivity (Wildman–Crippen MR) is 71.0 cm³/mol. The minimum absolute atomic E-state index is 0.842. The Hall–Kier alpha value is 0. The van der Waals surface area contributed by atoms with Crippen LogP contribution in [0, 0.1) is 12.8 Å². The first-order valence-corrected chi connectivity index (χ1v) is 7.10. The first-order chi connectivity index (χ1) is 7.31. The van der Waals surface area contributed by atoms with Crippen molar-refractivity contribution in [2.24, 2.45) is 5.92 Å². The second-order valence-electron chi connectivity index (χ2n) is 5.01. The fourth-order valence-corrected chi connectivity index (χ4v) is 1.95.